The van der Waals surface area contributed by atoms with Gasteiger partial charge in [0.2, 0.25) is 0 Å². The lowest BCUT2D eigenvalue weighted by atomic mass is 10.4. The molecule has 0 saturated carbocycles. The Bertz CT molecular complexity index is 455. The molecule has 1 aliphatic heterocycles. The minimum atomic E-state index is -0.992. The average molecular weight is 269 g/mol. The Hall–Kier alpha value is -2.16. The van der Waals surface area contributed by atoms with Gasteiger partial charge in [-0.1, -0.05) is 5.21 Å². The van der Waals surface area contributed by atoms with Crippen LogP contribution >= 0.6 is 0 Å². The fraction of sp³-hybridized carbons (Fsp3) is 0.600. The molecule has 9 nitrogen and oxygen atoms in total. The zero-order chi connectivity index (χ0) is 13.7. The third-order valence-electron chi connectivity index (χ3n) is 2.60. The maximum Gasteiger partial charge on any atom is 0.325 e. The molecule has 0 unspecified atom stereocenters. The van der Waals surface area contributed by atoms with Gasteiger partial charge in [-0.25, -0.2) is 9.48 Å². The van der Waals surface area contributed by atoms with E-state index in [-0.39, 0.29) is 19.1 Å². The van der Waals surface area contributed by atoms with Crippen LogP contribution in [0.15, 0.2) is 6.20 Å². The largest absolute Gasteiger partial charge is 0.480 e. The van der Waals surface area contributed by atoms with Gasteiger partial charge < -0.3 is 20.1 Å². The smallest absolute Gasteiger partial charge is 0.325 e. The summed E-state index contributed by atoms with van der Waals surface area (Å²) in [6.45, 7) is 2.19. The number of aromatic nitrogens is 3. The molecular weight excluding hydrogens is 254 g/mol. The Morgan fingerprint density at radius 2 is 2.16 bits per heavy atom. The van der Waals surface area contributed by atoms with Crippen molar-refractivity contribution in [1.82, 2.24) is 25.2 Å². The summed E-state index contributed by atoms with van der Waals surface area (Å²) in [7, 11) is 0. The van der Waals surface area contributed by atoms with Crippen LogP contribution < -0.4 is 5.32 Å². The van der Waals surface area contributed by atoms with Gasteiger partial charge in [-0.2, -0.15) is 0 Å². The van der Waals surface area contributed by atoms with Crippen LogP contribution in [0.1, 0.15) is 5.69 Å². The Balaban J connectivity index is 1.79. The molecule has 1 aromatic heterocycles. The molecule has 0 atom stereocenters. The predicted molar refractivity (Wildman–Crippen MR) is 62.3 cm³/mol. The highest BCUT2D eigenvalue weighted by molar-refractivity contribution is 5.74. The maximum absolute atomic E-state index is 11.8. The number of carbonyl (C=O) groups excluding carboxylic acids is 1. The number of hydrogen-bond acceptors (Lipinski definition) is 5. The van der Waals surface area contributed by atoms with Crippen molar-refractivity contribution in [2.24, 2.45) is 0 Å². The highest BCUT2D eigenvalue weighted by Gasteiger charge is 2.16. The number of ether oxygens (including phenoxy) is 1. The van der Waals surface area contributed by atoms with E-state index < -0.39 is 5.97 Å². The zero-order valence-corrected chi connectivity index (χ0v) is 10.3. The second kappa shape index (κ2) is 6.14. The topological polar surface area (TPSA) is 110 Å². The minimum absolute atomic E-state index is 0.184. The van der Waals surface area contributed by atoms with Crippen LogP contribution in [0.5, 0.6) is 0 Å². The van der Waals surface area contributed by atoms with E-state index in [9.17, 15) is 9.59 Å². The summed E-state index contributed by atoms with van der Waals surface area (Å²) in [5, 5.41) is 18.7. The van der Waals surface area contributed by atoms with Gasteiger partial charge in [0.25, 0.3) is 0 Å². The van der Waals surface area contributed by atoms with Gasteiger partial charge in [0, 0.05) is 13.1 Å². The van der Waals surface area contributed by atoms with Crippen molar-refractivity contribution in [3.63, 3.8) is 0 Å². The third kappa shape index (κ3) is 3.91. The van der Waals surface area contributed by atoms with Crippen LogP contribution in [0.25, 0.3) is 0 Å². The quantitative estimate of drug-likeness (QED) is 0.718. The fourth-order valence-corrected chi connectivity index (χ4v) is 1.68. The normalized spacial score (nSPS) is 15.3. The number of urea groups is 1. The van der Waals surface area contributed by atoms with Gasteiger partial charge in [-0.3, -0.25) is 4.79 Å². The van der Waals surface area contributed by atoms with E-state index >= 15 is 0 Å². The van der Waals surface area contributed by atoms with E-state index in [4.69, 9.17) is 9.84 Å². The lowest BCUT2D eigenvalue weighted by Crippen LogP contribution is -2.45. The van der Waals surface area contributed by atoms with Crippen molar-refractivity contribution in [2.75, 3.05) is 26.3 Å². The summed E-state index contributed by atoms with van der Waals surface area (Å²) in [6.07, 6.45) is 1.49. The molecule has 2 N–H and O–H groups in total. The monoisotopic (exact) mass is 269 g/mol. The number of rotatable bonds is 4. The van der Waals surface area contributed by atoms with Gasteiger partial charge in [-0.05, 0) is 0 Å². The molecule has 0 aromatic carbocycles. The molecule has 0 aliphatic carbocycles. The molecule has 0 spiro atoms. The number of aliphatic carboxylic acids is 1. The number of nitrogens with one attached hydrogen (secondary N) is 1. The summed E-state index contributed by atoms with van der Waals surface area (Å²) in [6, 6.07) is -0.184. The van der Waals surface area contributed by atoms with E-state index in [0.29, 0.717) is 32.0 Å². The van der Waals surface area contributed by atoms with Crippen molar-refractivity contribution in [2.45, 2.75) is 13.1 Å². The van der Waals surface area contributed by atoms with Crippen LogP contribution in [-0.4, -0.2) is 63.3 Å². The summed E-state index contributed by atoms with van der Waals surface area (Å²) in [5.41, 5.74) is 0.517. The van der Waals surface area contributed by atoms with Crippen LogP contribution in [0.2, 0.25) is 0 Å². The Morgan fingerprint density at radius 3 is 2.84 bits per heavy atom. The first-order chi connectivity index (χ1) is 9.15. The van der Waals surface area contributed by atoms with Crippen molar-refractivity contribution < 1.29 is 19.4 Å². The number of carbonyl (C=O) groups is 2. The summed E-state index contributed by atoms with van der Waals surface area (Å²) in [4.78, 5) is 23.9. The second-order valence-corrected chi connectivity index (χ2v) is 4.06. The fourth-order valence-electron chi connectivity index (χ4n) is 1.68. The molecule has 2 amide bonds. The molecule has 104 valence electrons. The molecule has 0 bridgehead atoms. The molecule has 2 heterocycles. The Morgan fingerprint density at radius 1 is 1.42 bits per heavy atom. The van der Waals surface area contributed by atoms with E-state index in [1.54, 1.807) is 4.90 Å². The number of hydrogen-bond donors (Lipinski definition) is 2. The van der Waals surface area contributed by atoms with E-state index in [0.717, 1.165) is 0 Å². The number of carboxylic acid groups (broad SMARTS) is 1. The van der Waals surface area contributed by atoms with Crippen LogP contribution in [0, 0.1) is 0 Å². The number of carboxylic acids is 1. The molecule has 1 saturated heterocycles. The third-order valence-corrected chi connectivity index (χ3v) is 2.60. The van der Waals surface area contributed by atoms with Crippen LogP contribution in [0.3, 0.4) is 0 Å². The van der Waals surface area contributed by atoms with E-state index in [1.807, 2.05) is 0 Å². The average Bonchev–Trinajstić information content (AvgIpc) is 2.84. The molecule has 9 heteroatoms. The highest BCUT2D eigenvalue weighted by Crippen LogP contribution is 1.98. The van der Waals surface area contributed by atoms with Gasteiger partial charge in [0.15, 0.2) is 0 Å². The van der Waals surface area contributed by atoms with Gasteiger partial charge in [0.1, 0.15) is 12.2 Å². The van der Waals surface area contributed by atoms with Gasteiger partial charge in [-0.15, -0.1) is 5.10 Å². The predicted octanol–water partition coefficient (Wildman–Crippen LogP) is -1.10. The van der Waals surface area contributed by atoms with Crippen molar-refractivity contribution >= 4 is 12.0 Å². The molecule has 2 rings (SSSR count). The van der Waals surface area contributed by atoms with Crippen molar-refractivity contribution in [3.8, 4) is 0 Å². The molecule has 0 radical (unpaired) electrons. The van der Waals surface area contributed by atoms with E-state index in [2.05, 4.69) is 15.6 Å². The summed E-state index contributed by atoms with van der Waals surface area (Å²) >= 11 is 0. The maximum atomic E-state index is 11.8. The van der Waals surface area contributed by atoms with Crippen LogP contribution in [0.4, 0.5) is 4.79 Å². The summed E-state index contributed by atoms with van der Waals surface area (Å²) < 4.78 is 6.36. The minimum Gasteiger partial charge on any atom is -0.480 e. The summed E-state index contributed by atoms with van der Waals surface area (Å²) in [5.74, 6) is -0.992. The van der Waals surface area contributed by atoms with Crippen molar-refractivity contribution in [3.05, 3.63) is 11.9 Å². The Labute approximate surface area is 109 Å². The SMILES string of the molecule is O=C(O)Cn1cc(CNC(=O)N2CCOCC2)nn1. The lowest BCUT2D eigenvalue weighted by Gasteiger charge is -2.26. The van der Waals surface area contributed by atoms with Crippen LogP contribution in [-0.2, 0) is 22.6 Å². The number of nitrogens with zero attached hydrogens (tertiary/aromatic N) is 4. The van der Waals surface area contributed by atoms with E-state index in [1.165, 1.54) is 10.9 Å². The molecule has 1 aliphatic rings. The first-order valence-corrected chi connectivity index (χ1v) is 5.86. The molecule has 1 fully saturated rings. The highest BCUT2D eigenvalue weighted by atomic mass is 16.5. The zero-order valence-electron chi connectivity index (χ0n) is 10.3. The lowest BCUT2D eigenvalue weighted by molar-refractivity contribution is -0.137. The van der Waals surface area contributed by atoms with Crippen molar-refractivity contribution in [1.29, 1.82) is 0 Å². The molecule has 19 heavy (non-hydrogen) atoms. The number of morpholine rings is 1. The second-order valence-electron chi connectivity index (χ2n) is 4.06. The number of amides is 2. The molecular formula is C10H15N5O4. The first-order valence-electron chi connectivity index (χ1n) is 5.86. The first kappa shape index (κ1) is 13.3. The van der Waals surface area contributed by atoms with Gasteiger partial charge >= 0.3 is 12.0 Å². The van der Waals surface area contributed by atoms with Gasteiger partial charge in [0.05, 0.1) is 26.0 Å². The Kier molecular flexibility index (Phi) is 4.29. The standard InChI is InChI=1S/C10H15N5O4/c16-9(17)7-15-6-8(12-13-15)5-11-10(18)14-1-3-19-4-2-14/h6H,1-5,7H2,(H,11,18)(H,16,17). The molecule has 1 aromatic rings.